The van der Waals surface area contributed by atoms with E-state index in [4.69, 9.17) is 9.47 Å². The summed E-state index contributed by atoms with van der Waals surface area (Å²) in [7, 11) is 1.37. The van der Waals surface area contributed by atoms with Crippen molar-refractivity contribution >= 4 is 12.1 Å². The summed E-state index contributed by atoms with van der Waals surface area (Å²) in [6.07, 6.45) is 0.883. The van der Waals surface area contributed by atoms with Crippen LogP contribution in [0, 0.1) is 5.41 Å². The summed E-state index contributed by atoms with van der Waals surface area (Å²) in [4.78, 5) is 22.9. The van der Waals surface area contributed by atoms with Crippen LogP contribution in [0.3, 0.4) is 0 Å². The van der Waals surface area contributed by atoms with Crippen LogP contribution in [0.25, 0.3) is 0 Å². The van der Waals surface area contributed by atoms with E-state index in [9.17, 15) is 9.59 Å². The Morgan fingerprint density at radius 3 is 2.25 bits per heavy atom. The minimum atomic E-state index is -0.515. The molecule has 2 aliphatic rings. The maximum Gasteiger partial charge on any atom is 0.408 e. The van der Waals surface area contributed by atoms with Gasteiger partial charge in [-0.15, -0.1) is 0 Å². The van der Waals surface area contributed by atoms with Crippen LogP contribution in [0.2, 0.25) is 0 Å². The molecule has 2 rings (SSSR count). The molecule has 0 aromatic carbocycles. The fraction of sp³-hybridized carbons (Fsp3) is 0.818. The Morgan fingerprint density at radius 2 is 1.81 bits per heavy atom. The van der Waals surface area contributed by atoms with Crippen LogP contribution in [0.5, 0.6) is 0 Å². The molecule has 2 saturated carbocycles. The van der Waals surface area contributed by atoms with Crippen molar-refractivity contribution in [3.05, 3.63) is 0 Å². The number of ether oxygens (including phenoxy) is 2. The minimum Gasteiger partial charge on any atom is -0.469 e. The van der Waals surface area contributed by atoms with Gasteiger partial charge in [-0.3, -0.25) is 4.79 Å². The molecule has 0 unspecified atom stereocenters. The van der Waals surface area contributed by atoms with Gasteiger partial charge in [0, 0.05) is 0 Å². The Hall–Kier alpha value is -1.26. The highest BCUT2D eigenvalue weighted by Gasteiger charge is 2.89. The summed E-state index contributed by atoms with van der Waals surface area (Å²) in [5, 5.41) is 2.75. The van der Waals surface area contributed by atoms with E-state index in [0.717, 1.165) is 0 Å². The monoisotopic (exact) mass is 227 g/mol. The van der Waals surface area contributed by atoms with Gasteiger partial charge in [-0.25, -0.2) is 4.79 Å². The molecule has 0 atom stereocenters. The van der Waals surface area contributed by atoms with E-state index in [1.54, 1.807) is 20.8 Å². The average molecular weight is 227 g/mol. The smallest absolute Gasteiger partial charge is 0.408 e. The van der Waals surface area contributed by atoms with Gasteiger partial charge in [-0.1, -0.05) is 0 Å². The van der Waals surface area contributed by atoms with Crippen molar-refractivity contribution in [1.82, 2.24) is 5.32 Å². The molecule has 5 nitrogen and oxygen atoms in total. The van der Waals surface area contributed by atoms with E-state index < -0.39 is 17.1 Å². The van der Waals surface area contributed by atoms with Crippen molar-refractivity contribution in [2.45, 2.75) is 44.8 Å². The summed E-state index contributed by atoms with van der Waals surface area (Å²) in [5.41, 5.74) is -1.33. The van der Waals surface area contributed by atoms with Crippen LogP contribution in [0.15, 0.2) is 0 Å². The fourth-order valence-electron chi connectivity index (χ4n) is 2.13. The number of esters is 1. The normalized spacial score (nSPS) is 34.8. The van der Waals surface area contributed by atoms with E-state index >= 15 is 0 Å². The topological polar surface area (TPSA) is 64.6 Å². The number of hydrogen-bond acceptors (Lipinski definition) is 4. The van der Waals surface area contributed by atoms with Gasteiger partial charge in [0.15, 0.2) is 0 Å². The third-order valence-electron chi connectivity index (χ3n) is 3.19. The lowest BCUT2D eigenvalue weighted by molar-refractivity contribution is -0.144. The van der Waals surface area contributed by atoms with Crippen molar-refractivity contribution in [3.8, 4) is 0 Å². The molecular weight excluding hydrogens is 210 g/mol. The summed E-state index contributed by atoms with van der Waals surface area (Å²) in [5.74, 6) is -0.233. The lowest BCUT2D eigenvalue weighted by Gasteiger charge is -2.20. The molecule has 1 N–H and O–H groups in total. The van der Waals surface area contributed by atoms with Crippen molar-refractivity contribution in [1.29, 1.82) is 0 Å². The van der Waals surface area contributed by atoms with Gasteiger partial charge < -0.3 is 14.8 Å². The van der Waals surface area contributed by atoms with Crippen LogP contribution in [-0.2, 0) is 14.3 Å². The molecular formula is C11H17NO4. The standard InChI is InChI=1S/C11H17NO4/c1-9(2,3)16-8(14)12-11-5-10(11,6-11)7(13)15-4/h5-6H2,1-4H3,(H,12,14). The molecule has 16 heavy (non-hydrogen) atoms. The van der Waals surface area contributed by atoms with Crippen LogP contribution in [0.4, 0.5) is 4.79 Å². The number of methoxy groups -OCH3 is 1. The van der Waals surface area contributed by atoms with E-state index in [0.29, 0.717) is 12.8 Å². The van der Waals surface area contributed by atoms with E-state index in [1.807, 2.05) is 0 Å². The highest BCUT2D eigenvalue weighted by molar-refractivity contribution is 5.91. The lowest BCUT2D eigenvalue weighted by atomic mass is 10.2. The second-order valence-corrected chi connectivity index (χ2v) is 5.64. The second-order valence-electron chi connectivity index (χ2n) is 5.64. The first-order valence-corrected chi connectivity index (χ1v) is 5.34. The van der Waals surface area contributed by atoms with Gasteiger partial charge in [0.25, 0.3) is 0 Å². The first-order chi connectivity index (χ1) is 7.25. The first kappa shape index (κ1) is 11.2. The summed E-state index contributed by atoms with van der Waals surface area (Å²) in [6.45, 7) is 5.41. The zero-order valence-corrected chi connectivity index (χ0v) is 10.0. The van der Waals surface area contributed by atoms with Gasteiger partial charge >= 0.3 is 12.1 Å². The number of nitrogens with one attached hydrogen (secondary N) is 1. The van der Waals surface area contributed by atoms with Gasteiger partial charge in [-0.05, 0) is 33.6 Å². The van der Waals surface area contributed by atoms with Gasteiger partial charge in [0.05, 0.1) is 18.1 Å². The summed E-state index contributed by atoms with van der Waals surface area (Å²) >= 11 is 0. The molecule has 1 amide bonds. The predicted octanol–water partition coefficient (Wildman–Crippen LogP) is 1.22. The molecule has 0 saturated heterocycles. The second kappa shape index (κ2) is 2.90. The molecule has 2 fully saturated rings. The maximum atomic E-state index is 11.5. The number of alkyl carbamates (subject to hydrolysis) is 1. The molecule has 0 spiro atoms. The maximum absolute atomic E-state index is 11.5. The molecule has 2 aliphatic carbocycles. The van der Waals surface area contributed by atoms with E-state index in [1.165, 1.54) is 7.11 Å². The Morgan fingerprint density at radius 1 is 1.25 bits per heavy atom. The van der Waals surface area contributed by atoms with Gasteiger partial charge in [0.2, 0.25) is 0 Å². The van der Waals surface area contributed by atoms with Crippen molar-refractivity contribution in [2.75, 3.05) is 7.11 Å². The Bertz CT molecular complexity index is 349. The Labute approximate surface area is 94.5 Å². The highest BCUT2D eigenvalue weighted by atomic mass is 16.6. The summed E-state index contributed by atoms with van der Waals surface area (Å²) < 4.78 is 9.83. The zero-order chi connectivity index (χ0) is 12.2. The van der Waals surface area contributed by atoms with E-state index in [2.05, 4.69) is 5.32 Å². The van der Waals surface area contributed by atoms with Crippen LogP contribution >= 0.6 is 0 Å². The molecule has 0 heterocycles. The number of fused-ring (bicyclic) bond motifs is 1. The number of amides is 1. The molecule has 0 aromatic rings. The number of carbonyl (C=O) groups is 2. The van der Waals surface area contributed by atoms with Crippen LogP contribution < -0.4 is 5.32 Å². The number of rotatable bonds is 2. The average Bonchev–Trinajstić information content (AvgIpc) is 2.85. The molecule has 5 heteroatoms. The molecule has 0 radical (unpaired) electrons. The molecule has 0 aliphatic heterocycles. The fourth-order valence-corrected chi connectivity index (χ4v) is 2.13. The third kappa shape index (κ3) is 1.54. The zero-order valence-electron chi connectivity index (χ0n) is 10.0. The van der Waals surface area contributed by atoms with Crippen LogP contribution in [0.1, 0.15) is 33.6 Å². The number of carbonyl (C=O) groups excluding carboxylic acids is 2. The summed E-state index contributed by atoms with van der Waals surface area (Å²) in [6, 6.07) is 0. The Balaban J connectivity index is 1.87. The molecule has 0 aromatic heterocycles. The number of hydrogen-bond donors (Lipinski definition) is 1. The van der Waals surface area contributed by atoms with Crippen molar-refractivity contribution < 1.29 is 19.1 Å². The predicted molar refractivity (Wildman–Crippen MR) is 55.8 cm³/mol. The van der Waals surface area contributed by atoms with Crippen LogP contribution in [-0.4, -0.2) is 30.3 Å². The lowest BCUT2D eigenvalue weighted by Crippen LogP contribution is -2.36. The Kier molecular flexibility index (Phi) is 2.03. The van der Waals surface area contributed by atoms with E-state index in [-0.39, 0.29) is 11.5 Å². The van der Waals surface area contributed by atoms with Gasteiger partial charge in [-0.2, -0.15) is 0 Å². The molecule has 0 bridgehead atoms. The van der Waals surface area contributed by atoms with Gasteiger partial charge in [0.1, 0.15) is 5.60 Å². The SMILES string of the molecule is COC(=O)C12CC1(NC(=O)OC(C)(C)C)C2. The molecule has 90 valence electrons. The quantitative estimate of drug-likeness (QED) is 0.720. The largest absolute Gasteiger partial charge is 0.469 e. The van der Waals surface area contributed by atoms with Crippen molar-refractivity contribution in [2.24, 2.45) is 5.41 Å². The third-order valence-corrected chi connectivity index (χ3v) is 3.19. The minimum absolute atomic E-state index is 0.233. The van der Waals surface area contributed by atoms with Crippen molar-refractivity contribution in [3.63, 3.8) is 0 Å². The first-order valence-electron chi connectivity index (χ1n) is 5.34. The highest BCUT2D eigenvalue weighted by Crippen LogP contribution is 2.79.